The number of hydrogen-bond acceptors (Lipinski definition) is 2. The van der Waals surface area contributed by atoms with E-state index in [-0.39, 0.29) is 5.56 Å². The molecule has 0 amide bonds. The molecule has 2 aromatic rings. The molecule has 0 heterocycles. The maximum absolute atomic E-state index is 10.8. The molecule has 0 bridgehead atoms. The average Bonchev–Trinajstić information content (AvgIpc) is 2.38. The van der Waals surface area contributed by atoms with Crippen molar-refractivity contribution >= 4 is 17.9 Å². The molecule has 17 heavy (non-hydrogen) atoms. The minimum absolute atomic E-state index is 0.243. The molecule has 0 atom stereocenters. The summed E-state index contributed by atoms with van der Waals surface area (Å²) in [6.07, 6.45) is 1.71. The predicted octanol–water partition coefficient (Wildman–Crippen LogP) is 3.14. The lowest BCUT2D eigenvalue weighted by molar-refractivity contribution is 0.0697. The first-order chi connectivity index (χ1) is 8.25. The van der Waals surface area contributed by atoms with Crippen molar-refractivity contribution < 1.29 is 9.90 Å². The second-order valence-electron chi connectivity index (χ2n) is 3.52. The van der Waals surface area contributed by atoms with E-state index in [0.717, 1.165) is 5.56 Å². The normalized spacial score (nSPS) is 10.6. The van der Waals surface area contributed by atoms with Crippen LogP contribution in [-0.4, -0.2) is 17.3 Å². The predicted molar refractivity (Wildman–Crippen MR) is 67.1 cm³/mol. The second-order valence-corrected chi connectivity index (χ2v) is 3.52. The highest BCUT2D eigenvalue weighted by Gasteiger charge is 2.01. The second kappa shape index (κ2) is 5.07. The molecule has 0 saturated carbocycles. The van der Waals surface area contributed by atoms with Crippen molar-refractivity contribution in [1.29, 1.82) is 0 Å². The number of rotatable bonds is 3. The van der Waals surface area contributed by atoms with Gasteiger partial charge in [0.25, 0.3) is 0 Å². The number of carbonyl (C=O) groups is 1. The van der Waals surface area contributed by atoms with E-state index in [1.54, 1.807) is 30.5 Å². The van der Waals surface area contributed by atoms with Crippen LogP contribution in [0.2, 0.25) is 0 Å². The quantitative estimate of drug-likeness (QED) is 0.816. The Hall–Kier alpha value is -2.42. The molecule has 0 fully saturated rings. The molecule has 2 rings (SSSR count). The van der Waals surface area contributed by atoms with Crippen molar-refractivity contribution in [2.24, 2.45) is 4.99 Å². The Labute approximate surface area is 99.1 Å². The first-order valence-electron chi connectivity index (χ1n) is 5.18. The molecule has 0 aliphatic rings. The number of aliphatic imine (C=N–C) groups is 1. The number of carboxylic acid groups (broad SMARTS) is 1. The van der Waals surface area contributed by atoms with E-state index in [4.69, 9.17) is 5.11 Å². The zero-order valence-corrected chi connectivity index (χ0v) is 9.08. The van der Waals surface area contributed by atoms with Crippen LogP contribution in [0.3, 0.4) is 0 Å². The van der Waals surface area contributed by atoms with Gasteiger partial charge >= 0.3 is 5.97 Å². The van der Waals surface area contributed by atoms with E-state index < -0.39 is 5.97 Å². The summed E-state index contributed by atoms with van der Waals surface area (Å²) >= 11 is 0. The molecule has 0 radical (unpaired) electrons. The van der Waals surface area contributed by atoms with Crippen molar-refractivity contribution in [3.05, 3.63) is 65.7 Å². The van der Waals surface area contributed by atoms with Crippen molar-refractivity contribution in [3.8, 4) is 0 Å². The third-order valence-electron chi connectivity index (χ3n) is 2.26. The summed E-state index contributed by atoms with van der Waals surface area (Å²) in [5.41, 5.74) is 1.86. The fraction of sp³-hybridized carbons (Fsp3) is 0. The van der Waals surface area contributed by atoms with Crippen molar-refractivity contribution in [2.45, 2.75) is 0 Å². The molecule has 0 aliphatic carbocycles. The van der Waals surface area contributed by atoms with Gasteiger partial charge in [-0.1, -0.05) is 36.4 Å². The van der Waals surface area contributed by atoms with Crippen LogP contribution in [0.15, 0.2) is 59.6 Å². The summed E-state index contributed by atoms with van der Waals surface area (Å²) in [5.74, 6) is -0.943. The molecule has 0 spiro atoms. The van der Waals surface area contributed by atoms with Crippen molar-refractivity contribution in [3.63, 3.8) is 0 Å². The highest BCUT2D eigenvalue weighted by atomic mass is 16.4. The smallest absolute Gasteiger partial charge is 0.335 e. The molecule has 3 nitrogen and oxygen atoms in total. The van der Waals surface area contributed by atoms with Crippen LogP contribution in [0, 0.1) is 0 Å². The third kappa shape index (κ3) is 3.01. The standard InChI is InChI=1S/C14H11NO2/c16-14(17)12-7-4-8-13(9-12)15-10-11-5-2-1-3-6-11/h1-10H,(H,16,17). The van der Waals surface area contributed by atoms with Crippen LogP contribution in [0.4, 0.5) is 5.69 Å². The number of nitrogens with zero attached hydrogens (tertiary/aromatic N) is 1. The van der Waals surface area contributed by atoms with Gasteiger partial charge in [-0.3, -0.25) is 4.99 Å². The van der Waals surface area contributed by atoms with Gasteiger partial charge in [-0.05, 0) is 23.8 Å². The lowest BCUT2D eigenvalue weighted by atomic mass is 10.2. The van der Waals surface area contributed by atoms with Gasteiger partial charge in [0.15, 0.2) is 0 Å². The number of hydrogen-bond donors (Lipinski definition) is 1. The Morgan fingerprint density at radius 2 is 1.82 bits per heavy atom. The number of benzene rings is 2. The van der Waals surface area contributed by atoms with Crippen molar-refractivity contribution in [2.75, 3.05) is 0 Å². The Bertz CT molecular complexity index is 547. The van der Waals surface area contributed by atoms with Gasteiger partial charge in [0, 0.05) is 6.21 Å². The Kier molecular flexibility index (Phi) is 3.31. The zero-order valence-electron chi connectivity index (χ0n) is 9.08. The molecule has 0 aromatic heterocycles. The molecule has 0 aliphatic heterocycles. The SMILES string of the molecule is O=C(O)c1cccc(N=Cc2ccccc2)c1. The Morgan fingerprint density at radius 1 is 1.06 bits per heavy atom. The minimum atomic E-state index is -0.943. The van der Waals surface area contributed by atoms with Gasteiger partial charge in [0.05, 0.1) is 11.3 Å². The van der Waals surface area contributed by atoms with E-state index in [9.17, 15) is 4.79 Å². The molecule has 84 valence electrons. The van der Waals surface area contributed by atoms with Gasteiger partial charge in [0.2, 0.25) is 0 Å². The Balaban J connectivity index is 2.22. The van der Waals surface area contributed by atoms with Gasteiger partial charge in [-0.25, -0.2) is 4.79 Å². The number of aromatic carboxylic acids is 1. The first-order valence-corrected chi connectivity index (χ1v) is 5.18. The summed E-state index contributed by atoms with van der Waals surface area (Å²) < 4.78 is 0. The van der Waals surface area contributed by atoms with E-state index in [0.29, 0.717) is 5.69 Å². The summed E-state index contributed by atoms with van der Waals surface area (Å²) in [7, 11) is 0. The first kappa shape index (κ1) is 11.1. The molecular weight excluding hydrogens is 214 g/mol. The highest BCUT2D eigenvalue weighted by Crippen LogP contribution is 2.14. The van der Waals surface area contributed by atoms with Crippen LogP contribution in [-0.2, 0) is 0 Å². The summed E-state index contributed by atoms with van der Waals surface area (Å²) in [5, 5.41) is 8.84. The van der Waals surface area contributed by atoms with Crippen LogP contribution < -0.4 is 0 Å². The maximum Gasteiger partial charge on any atom is 0.335 e. The monoisotopic (exact) mass is 225 g/mol. The van der Waals surface area contributed by atoms with E-state index in [1.165, 1.54) is 0 Å². The molecule has 2 aromatic carbocycles. The maximum atomic E-state index is 10.8. The van der Waals surface area contributed by atoms with Gasteiger partial charge in [-0.2, -0.15) is 0 Å². The topological polar surface area (TPSA) is 49.7 Å². The zero-order chi connectivity index (χ0) is 12.1. The summed E-state index contributed by atoms with van der Waals surface area (Å²) in [6, 6.07) is 16.2. The van der Waals surface area contributed by atoms with Crippen LogP contribution in [0.5, 0.6) is 0 Å². The molecule has 3 heteroatoms. The molecule has 0 unspecified atom stereocenters. The fourth-order valence-corrected chi connectivity index (χ4v) is 1.41. The lowest BCUT2D eigenvalue weighted by Gasteiger charge is -1.96. The molecule has 0 saturated heterocycles. The highest BCUT2D eigenvalue weighted by molar-refractivity contribution is 5.89. The largest absolute Gasteiger partial charge is 0.478 e. The van der Waals surface area contributed by atoms with Crippen LogP contribution >= 0.6 is 0 Å². The van der Waals surface area contributed by atoms with Crippen molar-refractivity contribution in [1.82, 2.24) is 0 Å². The van der Waals surface area contributed by atoms with E-state index in [1.807, 2.05) is 30.3 Å². The van der Waals surface area contributed by atoms with Gasteiger partial charge < -0.3 is 5.11 Å². The molecule has 1 N–H and O–H groups in total. The summed E-state index contributed by atoms with van der Waals surface area (Å²) in [6.45, 7) is 0. The minimum Gasteiger partial charge on any atom is -0.478 e. The van der Waals surface area contributed by atoms with Gasteiger partial charge in [-0.15, -0.1) is 0 Å². The van der Waals surface area contributed by atoms with Gasteiger partial charge in [0.1, 0.15) is 0 Å². The number of carboxylic acids is 1. The summed E-state index contributed by atoms with van der Waals surface area (Å²) in [4.78, 5) is 15.0. The van der Waals surface area contributed by atoms with Crippen LogP contribution in [0.25, 0.3) is 0 Å². The van der Waals surface area contributed by atoms with E-state index in [2.05, 4.69) is 4.99 Å². The van der Waals surface area contributed by atoms with E-state index >= 15 is 0 Å². The Morgan fingerprint density at radius 3 is 2.53 bits per heavy atom. The molecular formula is C14H11NO2. The third-order valence-corrected chi connectivity index (χ3v) is 2.26. The fourth-order valence-electron chi connectivity index (χ4n) is 1.41. The lowest BCUT2D eigenvalue weighted by Crippen LogP contribution is -1.94. The average molecular weight is 225 g/mol. The van der Waals surface area contributed by atoms with Crippen LogP contribution in [0.1, 0.15) is 15.9 Å².